The van der Waals surface area contributed by atoms with Crippen LogP contribution in [0.4, 0.5) is 4.79 Å². The van der Waals surface area contributed by atoms with Crippen LogP contribution >= 0.6 is 0 Å². The molecule has 1 aromatic carbocycles. The molecule has 1 rings (SSSR count). The second-order valence-electron chi connectivity index (χ2n) is 4.79. The van der Waals surface area contributed by atoms with Crippen molar-refractivity contribution in [1.82, 2.24) is 4.90 Å². The molecule has 0 radical (unpaired) electrons. The summed E-state index contributed by atoms with van der Waals surface area (Å²) in [7, 11) is 0. The van der Waals surface area contributed by atoms with Gasteiger partial charge in [-0.05, 0) is 24.8 Å². The second-order valence-corrected chi connectivity index (χ2v) is 4.79. The van der Waals surface area contributed by atoms with Gasteiger partial charge in [-0.1, -0.05) is 44.2 Å². The molecule has 0 bridgehead atoms. The largest absolute Gasteiger partial charge is 0.450 e. The Labute approximate surface area is 110 Å². The van der Waals surface area contributed by atoms with E-state index in [9.17, 15) is 4.79 Å². The molecule has 100 valence electrons. The number of hydrogen-bond donors (Lipinski definition) is 0. The molecule has 0 fully saturated rings. The smallest absolute Gasteiger partial charge is 0.410 e. The minimum absolute atomic E-state index is 0.220. The van der Waals surface area contributed by atoms with Gasteiger partial charge in [0.2, 0.25) is 0 Å². The Morgan fingerprint density at radius 1 is 1.28 bits per heavy atom. The van der Waals surface area contributed by atoms with Crippen molar-refractivity contribution in [2.45, 2.75) is 33.7 Å². The monoisotopic (exact) mass is 249 g/mol. The first kappa shape index (κ1) is 14.6. The van der Waals surface area contributed by atoms with Gasteiger partial charge in [-0.25, -0.2) is 4.79 Å². The SMILES string of the molecule is CCOC(=O)N(CCC(C)C)Cc1ccccc1. The van der Waals surface area contributed by atoms with Crippen molar-refractivity contribution in [2.75, 3.05) is 13.2 Å². The molecule has 0 heterocycles. The number of hydrogen-bond acceptors (Lipinski definition) is 2. The van der Waals surface area contributed by atoms with Gasteiger partial charge in [-0.15, -0.1) is 0 Å². The van der Waals surface area contributed by atoms with Crippen molar-refractivity contribution >= 4 is 6.09 Å². The molecule has 0 spiro atoms. The molecular weight excluding hydrogens is 226 g/mol. The zero-order valence-electron chi connectivity index (χ0n) is 11.6. The number of ether oxygens (including phenoxy) is 1. The van der Waals surface area contributed by atoms with Gasteiger partial charge in [0.05, 0.1) is 6.61 Å². The highest BCUT2D eigenvalue weighted by Gasteiger charge is 2.15. The average Bonchev–Trinajstić information content (AvgIpc) is 2.35. The van der Waals surface area contributed by atoms with E-state index in [1.807, 2.05) is 37.3 Å². The summed E-state index contributed by atoms with van der Waals surface area (Å²) in [6.45, 7) is 7.93. The van der Waals surface area contributed by atoms with E-state index in [1.54, 1.807) is 4.90 Å². The molecule has 0 N–H and O–H groups in total. The first-order valence-corrected chi connectivity index (χ1v) is 6.59. The van der Waals surface area contributed by atoms with E-state index in [2.05, 4.69) is 13.8 Å². The number of benzene rings is 1. The molecule has 3 nitrogen and oxygen atoms in total. The summed E-state index contributed by atoms with van der Waals surface area (Å²) in [6.07, 6.45) is 0.771. The third kappa shape index (κ3) is 5.21. The molecule has 3 heteroatoms. The maximum Gasteiger partial charge on any atom is 0.410 e. The molecule has 18 heavy (non-hydrogen) atoms. The third-order valence-corrected chi connectivity index (χ3v) is 2.72. The summed E-state index contributed by atoms with van der Waals surface area (Å²) in [5.74, 6) is 0.581. The van der Waals surface area contributed by atoms with Crippen molar-refractivity contribution in [3.05, 3.63) is 35.9 Å². The third-order valence-electron chi connectivity index (χ3n) is 2.72. The molecule has 0 aliphatic carbocycles. The lowest BCUT2D eigenvalue weighted by Crippen LogP contribution is -2.32. The van der Waals surface area contributed by atoms with Gasteiger partial charge in [0.25, 0.3) is 0 Å². The lowest BCUT2D eigenvalue weighted by molar-refractivity contribution is 0.103. The van der Waals surface area contributed by atoms with E-state index < -0.39 is 0 Å². The standard InChI is InChI=1S/C15H23NO2/c1-4-18-15(17)16(11-10-13(2)3)12-14-8-6-5-7-9-14/h5-9,13H,4,10-12H2,1-3H3. The van der Waals surface area contributed by atoms with Crippen LogP contribution in [0.3, 0.4) is 0 Å². The summed E-state index contributed by atoms with van der Waals surface area (Å²) in [4.78, 5) is 13.6. The van der Waals surface area contributed by atoms with Crippen LogP contribution in [-0.2, 0) is 11.3 Å². The van der Waals surface area contributed by atoms with E-state index in [0.717, 1.165) is 18.5 Å². The van der Waals surface area contributed by atoms with Crippen LogP contribution in [0.1, 0.15) is 32.8 Å². The predicted octanol–water partition coefficient (Wildman–Crippen LogP) is 3.69. The summed E-state index contributed by atoms with van der Waals surface area (Å²) >= 11 is 0. The molecular formula is C15H23NO2. The van der Waals surface area contributed by atoms with Gasteiger partial charge < -0.3 is 9.64 Å². The molecule has 0 unspecified atom stereocenters. The summed E-state index contributed by atoms with van der Waals surface area (Å²) in [6, 6.07) is 10.0. The van der Waals surface area contributed by atoms with Gasteiger partial charge in [0, 0.05) is 13.1 Å². The van der Waals surface area contributed by atoms with Gasteiger partial charge in [0.15, 0.2) is 0 Å². The minimum atomic E-state index is -0.220. The van der Waals surface area contributed by atoms with Gasteiger partial charge in [-0.2, -0.15) is 0 Å². The zero-order valence-corrected chi connectivity index (χ0v) is 11.6. The summed E-state index contributed by atoms with van der Waals surface area (Å²) in [5, 5.41) is 0. The number of rotatable bonds is 6. The molecule has 0 saturated heterocycles. The highest BCUT2D eigenvalue weighted by Crippen LogP contribution is 2.09. The number of amides is 1. The van der Waals surface area contributed by atoms with Crippen molar-refractivity contribution < 1.29 is 9.53 Å². The lowest BCUT2D eigenvalue weighted by Gasteiger charge is -2.22. The van der Waals surface area contributed by atoms with Crippen molar-refractivity contribution in [3.8, 4) is 0 Å². The number of carbonyl (C=O) groups is 1. The molecule has 0 atom stereocenters. The number of carbonyl (C=O) groups excluding carboxylic acids is 1. The molecule has 0 saturated carbocycles. The van der Waals surface area contributed by atoms with Gasteiger partial charge >= 0.3 is 6.09 Å². The van der Waals surface area contributed by atoms with Gasteiger partial charge in [0.1, 0.15) is 0 Å². The fourth-order valence-corrected chi connectivity index (χ4v) is 1.67. The van der Waals surface area contributed by atoms with E-state index in [1.165, 1.54) is 0 Å². The van der Waals surface area contributed by atoms with Crippen LogP contribution in [0.15, 0.2) is 30.3 Å². The van der Waals surface area contributed by atoms with E-state index in [0.29, 0.717) is 19.1 Å². The zero-order chi connectivity index (χ0) is 13.4. The Morgan fingerprint density at radius 3 is 2.50 bits per heavy atom. The quantitative estimate of drug-likeness (QED) is 0.769. The van der Waals surface area contributed by atoms with Crippen molar-refractivity contribution in [3.63, 3.8) is 0 Å². The van der Waals surface area contributed by atoms with Crippen LogP contribution in [0, 0.1) is 5.92 Å². The highest BCUT2D eigenvalue weighted by molar-refractivity contribution is 5.67. The molecule has 1 aromatic rings. The fourth-order valence-electron chi connectivity index (χ4n) is 1.67. The molecule has 1 amide bonds. The average molecular weight is 249 g/mol. The first-order valence-electron chi connectivity index (χ1n) is 6.59. The van der Waals surface area contributed by atoms with E-state index >= 15 is 0 Å². The number of nitrogens with zero attached hydrogens (tertiary/aromatic N) is 1. The van der Waals surface area contributed by atoms with Crippen molar-refractivity contribution in [2.24, 2.45) is 5.92 Å². The Balaban J connectivity index is 2.62. The minimum Gasteiger partial charge on any atom is -0.450 e. The Hall–Kier alpha value is -1.51. The topological polar surface area (TPSA) is 29.5 Å². The first-order chi connectivity index (χ1) is 8.63. The Morgan fingerprint density at radius 2 is 1.94 bits per heavy atom. The molecule has 0 aromatic heterocycles. The van der Waals surface area contributed by atoms with Crippen LogP contribution in [0.5, 0.6) is 0 Å². The van der Waals surface area contributed by atoms with Crippen LogP contribution < -0.4 is 0 Å². The van der Waals surface area contributed by atoms with Crippen LogP contribution in [0.2, 0.25) is 0 Å². The van der Waals surface area contributed by atoms with E-state index in [-0.39, 0.29) is 6.09 Å². The lowest BCUT2D eigenvalue weighted by atomic mass is 10.1. The molecule has 0 aliphatic heterocycles. The molecule has 0 aliphatic rings. The highest BCUT2D eigenvalue weighted by atomic mass is 16.6. The fraction of sp³-hybridized carbons (Fsp3) is 0.533. The Bertz CT molecular complexity index is 349. The maximum atomic E-state index is 11.9. The normalized spacial score (nSPS) is 10.4. The van der Waals surface area contributed by atoms with E-state index in [4.69, 9.17) is 4.74 Å². The van der Waals surface area contributed by atoms with Crippen LogP contribution in [-0.4, -0.2) is 24.1 Å². The maximum absolute atomic E-state index is 11.9. The summed E-state index contributed by atoms with van der Waals surface area (Å²) < 4.78 is 5.10. The predicted molar refractivity (Wildman–Crippen MR) is 73.3 cm³/mol. The summed E-state index contributed by atoms with van der Waals surface area (Å²) in [5.41, 5.74) is 1.13. The van der Waals surface area contributed by atoms with Crippen LogP contribution in [0.25, 0.3) is 0 Å². The van der Waals surface area contributed by atoms with Gasteiger partial charge in [-0.3, -0.25) is 0 Å². The van der Waals surface area contributed by atoms with Crippen molar-refractivity contribution in [1.29, 1.82) is 0 Å². The second kappa shape index (κ2) is 7.75. The Kier molecular flexibility index (Phi) is 6.26.